The van der Waals surface area contributed by atoms with Gasteiger partial charge in [-0.3, -0.25) is 9.69 Å². The highest BCUT2D eigenvalue weighted by molar-refractivity contribution is 9.10. The average molecular weight is 507 g/mol. The molecular formula is C21H20BrClF3NO3. The highest BCUT2D eigenvalue weighted by Crippen LogP contribution is 2.43. The van der Waals surface area contributed by atoms with Gasteiger partial charge in [-0.2, -0.15) is 13.2 Å². The second kappa shape index (κ2) is 9.16. The van der Waals surface area contributed by atoms with E-state index in [-0.39, 0.29) is 0 Å². The first kappa shape index (κ1) is 22.9. The Morgan fingerprint density at radius 1 is 1.33 bits per heavy atom. The summed E-state index contributed by atoms with van der Waals surface area (Å²) >= 11 is 9.22. The molecule has 1 aliphatic heterocycles. The van der Waals surface area contributed by atoms with Crippen molar-refractivity contribution in [2.24, 2.45) is 0 Å². The van der Waals surface area contributed by atoms with Gasteiger partial charge in [0, 0.05) is 16.6 Å². The summed E-state index contributed by atoms with van der Waals surface area (Å²) in [6.07, 6.45) is -3.58. The second-order valence-electron chi connectivity index (χ2n) is 6.99. The molecule has 2 aromatic rings. The van der Waals surface area contributed by atoms with Crippen molar-refractivity contribution in [1.82, 2.24) is 4.90 Å². The summed E-state index contributed by atoms with van der Waals surface area (Å²) < 4.78 is 47.0. The zero-order valence-corrected chi connectivity index (χ0v) is 18.4. The molecule has 0 aromatic heterocycles. The summed E-state index contributed by atoms with van der Waals surface area (Å²) in [6.45, 7) is 2.60. The summed E-state index contributed by atoms with van der Waals surface area (Å²) in [5, 5.41) is 9.30. The first-order chi connectivity index (χ1) is 14.1. The summed E-state index contributed by atoms with van der Waals surface area (Å²) in [5.41, 5.74) is -0.0561. The van der Waals surface area contributed by atoms with Gasteiger partial charge in [0.25, 0.3) is 0 Å². The first-order valence-corrected chi connectivity index (χ1v) is 10.6. The molecule has 0 spiro atoms. The molecule has 9 heteroatoms. The van der Waals surface area contributed by atoms with Crippen LogP contribution in [0.1, 0.15) is 42.5 Å². The number of carboxylic acids is 1. The largest absolute Gasteiger partial charge is 0.494 e. The molecule has 0 radical (unpaired) electrons. The predicted molar refractivity (Wildman–Crippen MR) is 111 cm³/mol. The van der Waals surface area contributed by atoms with Crippen LogP contribution in [-0.4, -0.2) is 35.2 Å². The molecule has 0 saturated carbocycles. The molecule has 162 valence electrons. The molecule has 1 heterocycles. The minimum atomic E-state index is -4.63. The molecule has 3 rings (SSSR count). The summed E-state index contributed by atoms with van der Waals surface area (Å²) in [5.74, 6) is -0.513. The molecule has 4 nitrogen and oxygen atoms in total. The molecule has 1 N–H and O–H groups in total. The highest BCUT2D eigenvalue weighted by Gasteiger charge is 2.40. The van der Waals surface area contributed by atoms with E-state index in [1.54, 1.807) is 30.0 Å². The van der Waals surface area contributed by atoms with Gasteiger partial charge in [0.2, 0.25) is 0 Å². The Morgan fingerprint density at radius 3 is 2.70 bits per heavy atom. The van der Waals surface area contributed by atoms with Gasteiger partial charge in [-0.05, 0) is 55.7 Å². The standard InChI is InChI=1S/C21H20BrClF3NO3/c1-2-30-18-8-6-13(22)11-14(18)19(27-9-3-4-17(27)20(28)29)12-5-7-16(23)15(10-12)21(24,25)26/h5-8,10-11,17,19H,2-4,9H2,1H3,(H,28,29). The molecule has 0 aliphatic carbocycles. The molecule has 1 saturated heterocycles. The van der Waals surface area contributed by atoms with E-state index in [0.717, 1.165) is 6.07 Å². The zero-order valence-electron chi connectivity index (χ0n) is 16.0. The third-order valence-electron chi connectivity index (χ3n) is 5.09. The number of halogens is 5. The maximum atomic E-state index is 13.5. The highest BCUT2D eigenvalue weighted by atomic mass is 79.9. The van der Waals surface area contributed by atoms with E-state index in [1.165, 1.54) is 12.1 Å². The fraction of sp³-hybridized carbons (Fsp3) is 0.381. The minimum absolute atomic E-state index is 0.305. The van der Waals surface area contributed by atoms with Gasteiger partial charge in [-0.15, -0.1) is 0 Å². The number of hydrogen-bond acceptors (Lipinski definition) is 3. The van der Waals surface area contributed by atoms with E-state index in [1.807, 2.05) is 0 Å². The van der Waals surface area contributed by atoms with Crippen molar-refractivity contribution >= 4 is 33.5 Å². The Bertz CT molecular complexity index is 938. The number of aliphatic carboxylic acids is 1. The Morgan fingerprint density at radius 2 is 2.07 bits per heavy atom. The molecule has 2 atom stereocenters. The van der Waals surface area contributed by atoms with Crippen LogP contribution in [0.5, 0.6) is 5.75 Å². The van der Waals surface area contributed by atoms with Crippen LogP contribution < -0.4 is 4.74 Å². The lowest BCUT2D eigenvalue weighted by molar-refractivity contribution is -0.143. The van der Waals surface area contributed by atoms with E-state index < -0.39 is 34.8 Å². The fourth-order valence-electron chi connectivity index (χ4n) is 3.86. The van der Waals surface area contributed by atoms with Crippen LogP contribution >= 0.6 is 27.5 Å². The van der Waals surface area contributed by atoms with Crippen molar-refractivity contribution in [2.45, 2.75) is 38.0 Å². The summed E-state index contributed by atoms with van der Waals surface area (Å²) in [4.78, 5) is 13.6. The third-order valence-corrected chi connectivity index (χ3v) is 5.91. The van der Waals surface area contributed by atoms with Crippen LogP contribution in [0.25, 0.3) is 0 Å². The number of carbonyl (C=O) groups is 1. The van der Waals surface area contributed by atoms with Crippen LogP contribution in [0.4, 0.5) is 13.2 Å². The van der Waals surface area contributed by atoms with E-state index in [2.05, 4.69) is 15.9 Å². The molecular weight excluding hydrogens is 487 g/mol. The van der Waals surface area contributed by atoms with Crippen molar-refractivity contribution in [2.75, 3.05) is 13.2 Å². The Hall–Kier alpha value is -1.77. The van der Waals surface area contributed by atoms with Gasteiger partial charge in [0.15, 0.2) is 0 Å². The smallest absolute Gasteiger partial charge is 0.417 e. The molecule has 0 bridgehead atoms. The van der Waals surface area contributed by atoms with Crippen LogP contribution in [0.3, 0.4) is 0 Å². The minimum Gasteiger partial charge on any atom is -0.494 e. The van der Waals surface area contributed by atoms with Gasteiger partial charge in [-0.25, -0.2) is 0 Å². The summed E-state index contributed by atoms with van der Waals surface area (Å²) in [6, 6.07) is 7.41. The third kappa shape index (κ3) is 4.76. The first-order valence-electron chi connectivity index (χ1n) is 9.41. The van der Waals surface area contributed by atoms with Gasteiger partial charge < -0.3 is 9.84 Å². The fourth-order valence-corrected chi connectivity index (χ4v) is 4.47. The second-order valence-corrected chi connectivity index (χ2v) is 8.31. The quantitative estimate of drug-likeness (QED) is 0.510. The number of benzene rings is 2. The molecule has 1 fully saturated rings. The van der Waals surface area contributed by atoms with Gasteiger partial charge in [-0.1, -0.05) is 33.6 Å². The molecule has 1 aliphatic rings. The van der Waals surface area contributed by atoms with E-state index in [4.69, 9.17) is 16.3 Å². The number of rotatable bonds is 6. The monoisotopic (exact) mass is 505 g/mol. The molecule has 30 heavy (non-hydrogen) atoms. The number of likely N-dealkylation sites (tertiary alicyclic amines) is 1. The van der Waals surface area contributed by atoms with Crippen molar-refractivity contribution in [3.05, 3.63) is 62.6 Å². The van der Waals surface area contributed by atoms with E-state index in [9.17, 15) is 23.1 Å². The van der Waals surface area contributed by atoms with Crippen LogP contribution in [0, 0.1) is 0 Å². The summed E-state index contributed by atoms with van der Waals surface area (Å²) in [7, 11) is 0. The Balaban J connectivity index is 2.22. The number of carboxylic acid groups (broad SMARTS) is 1. The van der Waals surface area contributed by atoms with E-state index >= 15 is 0 Å². The maximum Gasteiger partial charge on any atom is 0.417 e. The Labute approximate surface area is 185 Å². The van der Waals surface area contributed by atoms with Crippen molar-refractivity contribution in [3.63, 3.8) is 0 Å². The lowest BCUT2D eigenvalue weighted by atomic mass is 9.94. The molecule has 2 unspecified atom stereocenters. The predicted octanol–water partition coefficient (Wildman–Crippen LogP) is 6.16. The number of ether oxygens (including phenoxy) is 1. The van der Waals surface area contributed by atoms with Crippen LogP contribution in [0.2, 0.25) is 5.02 Å². The lowest BCUT2D eigenvalue weighted by Crippen LogP contribution is -2.39. The molecule has 2 aromatic carbocycles. The number of hydrogen-bond donors (Lipinski definition) is 1. The van der Waals surface area contributed by atoms with Crippen molar-refractivity contribution < 1.29 is 27.8 Å². The normalized spacial score (nSPS) is 18.4. The van der Waals surface area contributed by atoms with Crippen molar-refractivity contribution in [1.29, 1.82) is 0 Å². The van der Waals surface area contributed by atoms with Gasteiger partial charge in [0.05, 0.1) is 23.2 Å². The van der Waals surface area contributed by atoms with Crippen LogP contribution in [-0.2, 0) is 11.0 Å². The van der Waals surface area contributed by atoms with Crippen molar-refractivity contribution in [3.8, 4) is 5.75 Å². The van der Waals surface area contributed by atoms with Gasteiger partial charge in [0.1, 0.15) is 11.8 Å². The number of alkyl halides is 3. The topological polar surface area (TPSA) is 49.8 Å². The lowest BCUT2D eigenvalue weighted by Gasteiger charge is -2.33. The molecule has 0 amide bonds. The van der Waals surface area contributed by atoms with Gasteiger partial charge >= 0.3 is 12.1 Å². The maximum absolute atomic E-state index is 13.5. The Kier molecular flexibility index (Phi) is 6.99. The zero-order chi connectivity index (χ0) is 22.1. The number of nitrogens with zero attached hydrogens (tertiary/aromatic N) is 1. The van der Waals surface area contributed by atoms with Crippen LogP contribution in [0.15, 0.2) is 40.9 Å². The SMILES string of the molecule is CCOc1ccc(Br)cc1C(c1ccc(Cl)c(C(F)(F)F)c1)N1CCCC1C(=O)O. The average Bonchev–Trinajstić information content (AvgIpc) is 3.14. The van der Waals surface area contributed by atoms with E-state index in [0.29, 0.717) is 47.3 Å².